The van der Waals surface area contributed by atoms with Gasteiger partial charge in [0.1, 0.15) is 23.9 Å². The highest BCUT2D eigenvalue weighted by Gasteiger charge is 2.22. The Bertz CT molecular complexity index is 1130. The molecule has 0 N–H and O–H groups in total. The van der Waals surface area contributed by atoms with Gasteiger partial charge in [-0.25, -0.2) is 4.39 Å². The van der Waals surface area contributed by atoms with E-state index in [1.54, 1.807) is 24.4 Å². The lowest BCUT2D eigenvalue weighted by atomic mass is 9.97. The molecule has 30 heavy (non-hydrogen) atoms. The van der Waals surface area contributed by atoms with Crippen molar-refractivity contribution in [2.45, 2.75) is 25.9 Å². The topological polar surface area (TPSA) is 75.1 Å². The second-order valence-electron chi connectivity index (χ2n) is 6.98. The fourth-order valence-corrected chi connectivity index (χ4v) is 3.77. The zero-order chi connectivity index (χ0) is 21.1. The molecular formula is C23H17ClFN2O3-. The molecule has 1 aliphatic rings. The summed E-state index contributed by atoms with van der Waals surface area (Å²) in [6.07, 6.45) is 4.04. The zero-order valence-corrected chi connectivity index (χ0v) is 16.7. The van der Waals surface area contributed by atoms with Crippen LogP contribution in [0.5, 0.6) is 5.75 Å². The molecule has 0 atom stereocenters. The monoisotopic (exact) mass is 423 g/mol. The lowest BCUT2D eigenvalue weighted by Crippen LogP contribution is -2.24. The van der Waals surface area contributed by atoms with Crippen molar-refractivity contribution in [2.75, 3.05) is 0 Å². The predicted octanol–water partition coefficient (Wildman–Crippen LogP) is 4.31. The Hall–Kier alpha value is -3.25. The summed E-state index contributed by atoms with van der Waals surface area (Å²) in [5, 5.41) is 19.1. The van der Waals surface area contributed by atoms with Gasteiger partial charge in [-0.3, -0.25) is 0 Å². The average Bonchev–Trinajstić information content (AvgIpc) is 3.24. The lowest BCUT2D eigenvalue weighted by molar-refractivity contribution is -0.255. The van der Waals surface area contributed by atoms with Gasteiger partial charge in [-0.05, 0) is 72.4 Å². The summed E-state index contributed by atoms with van der Waals surface area (Å²) < 4.78 is 19.2. The maximum atomic E-state index is 13.1. The molecule has 4 rings (SSSR count). The van der Waals surface area contributed by atoms with Crippen LogP contribution in [0.4, 0.5) is 4.39 Å². The molecule has 152 valence electrons. The van der Waals surface area contributed by atoms with Crippen molar-refractivity contribution < 1.29 is 19.0 Å². The van der Waals surface area contributed by atoms with Crippen molar-refractivity contribution in [3.63, 3.8) is 0 Å². The van der Waals surface area contributed by atoms with E-state index in [4.69, 9.17) is 16.3 Å². The van der Waals surface area contributed by atoms with Crippen molar-refractivity contribution in [2.24, 2.45) is 0 Å². The third kappa shape index (κ3) is 4.33. The number of rotatable bonds is 6. The quantitative estimate of drug-likeness (QED) is 0.590. The molecule has 1 heterocycles. The number of hydrogen-bond acceptors (Lipinski definition) is 5. The number of carbonyl (C=O) groups excluding carboxylic acids is 1. The van der Waals surface area contributed by atoms with Gasteiger partial charge in [-0.15, -0.1) is 5.10 Å². The van der Waals surface area contributed by atoms with E-state index in [0.29, 0.717) is 16.3 Å². The van der Waals surface area contributed by atoms with Crippen molar-refractivity contribution >= 4 is 28.7 Å². The minimum Gasteiger partial charge on any atom is -0.543 e. The Labute approximate surface area is 177 Å². The van der Waals surface area contributed by atoms with Crippen LogP contribution in [0.2, 0.25) is 5.02 Å². The fraction of sp³-hybridized carbons (Fsp3) is 0.174. The van der Waals surface area contributed by atoms with E-state index in [0.717, 1.165) is 41.5 Å². The molecule has 0 radical (unpaired) electrons. The average molecular weight is 424 g/mol. The molecule has 0 fully saturated rings. The Kier molecular flexibility index (Phi) is 5.77. The van der Waals surface area contributed by atoms with Crippen molar-refractivity contribution in [1.29, 1.82) is 0 Å². The number of aromatic carboxylic acids is 1. The molecule has 1 aliphatic carbocycles. The lowest BCUT2D eigenvalue weighted by Gasteiger charge is -2.15. The van der Waals surface area contributed by atoms with Crippen LogP contribution in [0.3, 0.4) is 0 Å². The Morgan fingerprint density at radius 1 is 1.10 bits per heavy atom. The van der Waals surface area contributed by atoms with Crippen LogP contribution in [-0.4, -0.2) is 16.2 Å². The van der Waals surface area contributed by atoms with Gasteiger partial charge < -0.3 is 14.6 Å². The number of aromatic nitrogens is 2. The van der Waals surface area contributed by atoms with Crippen LogP contribution in [0.25, 0.3) is 11.1 Å². The SMILES string of the molecule is O=C([O-])c1cc(C2=C(c3cc(Cl)ccc3OCc3ccc(F)cc3)CCC2)cnn1. The van der Waals surface area contributed by atoms with E-state index < -0.39 is 5.97 Å². The van der Waals surface area contributed by atoms with Crippen LogP contribution in [0, 0.1) is 5.82 Å². The summed E-state index contributed by atoms with van der Waals surface area (Å²) in [5.74, 6) is -1.01. The van der Waals surface area contributed by atoms with Gasteiger partial charge in [0.05, 0.1) is 12.2 Å². The minimum absolute atomic E-state index is 0.204. The van der Waals surface area contributed by atoms with Gasteiger partial charge in [0, 0.05) is 16.1 Å². The van der Waals surface area contributed by atoms with E-state index >= 15 is 0 Å². The number of nitrogens with zero attached hydrogens (tertiary/aromatic N) is 2. The summed E-state index contributed by atoms with van der Waals surface area (Å²) in [5.41, 5.74) is 4.20. The standard InChI is InChI=1S/C23H18ClFN2O3/c24-16-6-9-22(30-13-14-4-7-17(25)8-5-14)20(11-16)19-3-1-2-18(19)15-10-21(23(28)29)27-26-12-15/h4-12H,1-3,13H2,(H,28,29)/p-1. The number of allylic oxidation sites excluding steroid dienone is 2. The summed E-state index contributed by atoms with van der Waals surface area (Å²) in [4.78, 5) is 11.2. The van der Waals surface area contributed by atoms with Gasteiger partial charge in [-0.1, -0.05) is 23.7 Å². The van der Waals surface area contributed by atoms with Gasteiger partial charge in [0.2, 0.25) is 0 Å². The fourth-order valence-electron chi connectivity index (χ4n) is 3.60. The van der Waals surface area contributed by atoms with E-state index in [9.17, 15) is 14.3 Å². The first-order chi connectivity index (χ1) is 14.5. The molecule has 5 nitrogen and oxygen atoms in total. The van der Waals surface area contributed by atoms with Crippen molar-refractivity contribution in [1.82, 2.24) is 10.2 Å². The zero-order valence-electron chi connectivity index (χ0n) is 15.9. The molecule has 0 unspecified atom stereocenters. The van der Waals surface area contributed by atoms with Gasteiger partial charge >= 0.3 is 0 Å². The molecular weight excluding hydrogens is 407 g/mol. The molecule has 7 heteroatoms. The Balaban J connectivity index is 1.70. The largest absolute Gasteiger partial charge is 0.543 e. The number of carboxylic acids is 1. The molecule has 0 saturated heterocycles. The summed E-state index contributed by atoms with van der Waals surface area (Å²) in [6.45, 7) is 0.281. The second-order valence-corrected chi connectivity index (χ2v) is 7.42. The summed E-state index contributed by atoms with van der Waals surface area (Å²) in [6, 6.07) is 13.0. The Morgan fingerprint density at radius 2 is 1.87 bits per heavy atom. The molecule has 1 aromatic heterocycles. The smallest absolute Gasteiger partial charge is 0.127 e. The number of ether oxygens (including phenoxy) is 1. The molecule has 2 aromatic carbocycles. The van der Waals surface area contributed by atoms with Crippen LogP contribution < -0.4 is 9.84 Å². The maximum Gasteiger partial charge on any atom is 0.127 e. The van der Waals surface area contributed by atoms with E-state index in [1.165, 1.54) is 18.2 Å². The van der Waals surface area contributed by atoms with Crippen molar-refractivity contribution in [3.8, 4) is 5.75 Å². The first-order valence-corrected chi connectivity index (χ1v) is 9.82. The molecule has 0 bridgehead atoms. The highest BCUT2D eigenvalue weighted by molar-refractivity contribution is 6.30. The third-order valence-electron chi connectivity index (χ3n) is 5.00. The molecule has 0 saturated carbocycles. The van der Waals surface area contributed by atoms with Crippen LogP contribution in [0.1, 0.15) is 46.4 Å². The summed E-state index contributed by atoms with van der Waals surface area (Å²) in [7, 11) is 0. The van der Waals surface area contributed by atoms with Gasteiger partial charge in [0.15, 0.2) is 0 Å². The van der Waals surface area contributed by atoms with Gasteiger partial charge in [0.25, 0.3) is 0 Å². The number of halogens is 2. The van der Waals surface area contributed by atoms with Crippen LogP contribution in [0.15, 0.2) is 54.7 Å². The highest BCUT2D eigenvalue weighted by Crippen LogP contribution is 2.43. The minimum atomic E-state index is -1.37. The molecule has 0 aliphatic heterocycles. The van der Waals surface area contributed by atoms with E-state index in [-0.39, 0.29) is 18.1 Å². The van der Waals surface area contributed by atoms with Crippen LogP contribution >= 0.6 is 11.6 Å². The van der Waals surface area contributed by atoms with E-state index in [2.05, 4.69) is 10.2 Å². The van der Waals surface area contributed by atoms with E-state index in [1.807, 2.05) is 12.1 Å². The summed E-state index contributed by atoms with van der Waals surface area (Å²) >= 11 is 6.26. The first-order valence-electron chi connectivity index (χ1n) is 9.45. The normalized spacial score (nSPS) is 13.5. The third-order valence-corrected chi connectivity index (χ3v) is 5.24. The molecule has 3 aromatic rings. The molecule has 0 amide bonds. The Morgan fingerprint density at radius 3 is 2.63 bits per heavy atom. The van der Waals surface area contributed by atoms with Crippen molar-refractivity contribution in [3.05, 3.63) is 88.0 Å². The number of benzene rings is 2. The van der Waals surface area contributed by atoms with Crippen LogP contribution in [-0.2, 0) is 6.61 Å². The number of carboxylic acid groups (broad SMARTS) is 1. The number of hydrogen-bond donors (Lipinski definition) is 0. The first kappa shape index (κ1) is 20.0. The van der Waals surface area contributed by atoms with Gasteiger partial charge in [-0.2, -0.15) is 5.10 Å². The second kappa shape index (κ2) is 8.63. The molecule has 0 spiro atoms. The predicted molar refractivity (Wildman–Crippen MR) is 109 cm³/mol. The number of carbonyl (C=O) groups is 1. The maximum absolute atomic E-state index is 13.1. The highest BCUT2D eigenvalue weighted by atomic mass is 35.5.